The summed E-state index contributed by atoms with van der Waals surface area (Å²) >= 11 is 0. The van der Waals surface area contributed by atoms with E-state index in [1.807, 2.05) is 61.5 Å². The fourth-order valence-electron chi connectivity index (χ4n) is 1.92. The highest BCUT2D eigenvalue weighted by Gasteiger charge is 2.13. The highest BCUT2D eigenvalue weighted by atomic mass is 16.5. The van der Waals surface area contributed by atoms with Crippen LogP contribution in [0.4, 0.5) is 0 Å². The molecule has 0 aliphatic carbocycles. The quantitative estimate of drug-likeness (QED) is 0.869. The fraction of sp³-hybridized carbons (Fsp3) is 0.250. The van der Waals surface area contributed by atoms with Gasteiger partial charge in [0.25, 0.3) is 0 Å². The highest BCUT2D eigenvalue weighted by molar-refractivity contribution is 5.32. The lowest BCUT2D eigenvalue weighted by molar-refractivity contribution is 0.155. The summed E-state index contributed by atoms with van der Waals surface area (Å²) in [5, 5.41) is 9.17. The van der Waals surface area contributed by atoms with Crippen LogP contribution in [0.1, 0.15) is 23.7 Å². The number of aryl methyl sites for hydroxylation is 1. The third kappa shape index (κ3) is 3.11. The Bertz CT molecular complexity index is 479. The van der Waals surface area contributed by atoms with Crippen LogP contribution >= 0.6 is 0 Å². The summed E-state index contributed by atoms with van der Waals surface area (Å²) in [6.45, 7) is 2.14. The average Bonchev–Trinajstić information content (AvgIpc) is 2.42. The molecule has 2 aromatic rings. The topological polar surface area (TPSA) is 29.5 Å². The molecule has 0 heterocycles. The van der Waals surface area contributed by atoms with E-state index in [1.165, 1.54) is 0 Å². The summed E-state index contributed by atoms with van der Waals surface area (Å²) < 4.78 is 6.01. The molecule has 0 bridgehead atoms. The van der Waals surface area contributed by atoms with Crippen molar-refractivity contribution in [3.05, 3.63) is 65.7 Å². The van der Waals surface area contributed by atoms with Crippen LogP contribution < -0.4 is 4.74 Å². The molecule has 0 amide bonds. The van der Waals surface area contributed by atoms with Crippen LogP contribution in [-0.4, -0.2) is 11.7 Å². The number of hydrogen-bond donors (Lipinski definition) is 1. The standard InChI is InChI=1S/C16H18O2/c1-13-7-5-6-10-15(13)18-16(11-12-17)14-8-3-2-4-9-14/h2-10,16-17H,11-12H2,1H3. The number of ether oxygens (including phenoxy) is 1. The third-order valence-corrected chi connectivity index (χ3v) is 2.93. The molecule has 0 fully saturated rings. The van der Waals surface area contributed by atoms with Gasteiger partial charge in [-0.25, -0.2) is 0 Å². The van der Waals surface area contributed by atoms with Gasteiger partial charge in [-0.3, -0.25) is 0 Å². The zero-order chi connectivity index (χ0) is 12.8. The van der Waals surface area contributed by atoms with E-state index in [0.29, 0.717) is 6.42 Å². The molecule has 0 aliphatic heterocycles. The molecule has 1 N–H and O–H groups in total. The van der Waals surface area contributed by atoms with Gasteiger partial charge in [0, 0.05) is 13.0 Å². The van der Waals surface area contributed by atoms with E-state index in [4.69, 9.17) is 9.84 Å². The van der Waals surface area contributed by atoms with Gasteiger partial charge in [-0.15, -0.1) is 0 Å². The van der Waals surface area contributed by atoms with Gasteiger partial charge in [-0.05, 0) is 24.1 Å². The minimum absolute atomic E-state index is 0.0997. The normalized spacial score (nSPS) is 12.1. The number of hydrogen-bond acceptors (Lipinski definition) is 2. The van der Waals surface area contributed by atoms with Crippen molar-refractivity contribution < 1.29 is 9.84 Å². The molecule has 1 unspecified atom stereocenters. The van der Waals surface area contributed by atoms with Crippen LogP contribution in [0, 0.1) is 6.92 Å². The van der Waals surface area contributed by atoms with Gasteiger partial charge in [-0.1, -0.05) is 48.5 Å². The van der Waals surface area contributed by atoms with E-state index in [9.17, 15) is 0 Å². The summed E-state index contributed by atoms with van der Waals surface area (Å²) in [6.07, 6.45) is 0.496. The Hall–Kier alpha value is -1.80. The van der Waals surface area contributed by atoms with Crippen molar-refractivity contribution >= 4 is 0 Å². The van der Waals surface area contributed by atoms with Gasteiger partial charge in [0.05, 0.1) is 0 Å². The van der Waals surface area contributed by atoms with E-state index in [1.54, 1.807) is 0 Å². The lowest BCUT2D eigenvalue weighted by atomic mass is 10.1. The molecule has 2 rings (SSSR count). The monoisotopic (exact) mass is 242 g/mol. The highest BCUT2D eigenvalue weighted by Crippen LogP contribution is 2.26. The van der Waals surface area contributed by atoms with Crippen molar-refractivity contribution in [2.24, 2.45) is 0 Å². The molecule has 0 aromatic heterocycles. The Morgan fingerprint density at radius 3 is 2.33 bits per heavy atom. The first kappa shape index (κ1) is 12.7. The maximum absolute atomic E-state index is 9.17. The lowest BCUT2D eigenvalue weighted by Crippen LogP contribution is -2.10. The number of aliphatic hydroxyl groups excluding tert-OH is 1. The molecule has 0 spiro atoms. The Labute approximate surface area is 108 Å². The molecule has 0 aliphatic rings. The van der Waals surface area contributed by atoms with Gasteiger partial charge in [0.15, 0.2) is 0 Å². The summed E-state index contributed by atoms with van der Waals surface area (Å²) in [5.74, 6) is 0.875. The minimum atomic E-state index is -0.0997. The van der Waals surface area contributed by atoms with Crippen LogP contribution in [0.15, 0.2) is 54.6 Å². The van der Waals surface area contributed by atoms with Crippen molar-refractivity contribution in [2.45, 2.75) is 19.4 Å². The smallest absolute Gasteiger partial charge is 0.126 e. The molecule has 0 saturated heterocycles. The Kier molecular flexibility index (Phi) is 4.37. The SMILES string of the molecule is Cc1ccccc1OC(CCO)c1ccccc1. The molecule has 2 nitrogen and oxygen atoms in total. The predicted molar refractivity (Wildman–Crippen MR) is 72.7 cm³/mol. The number of benzene rings is 2. The summed E-state index contributed by atoms with van der Waals surface area (Å²) in [6, 6.07) is 17.9. The van der Waals surface area contributed by atoms with E-state index in [2.05, 4.69) is 0 Å². The van der Waals surface area contributed by atoms with E-state index in [0.717, 1.165) is 16.9 Å². The van der Waals surface area contributed by atoms with Gasteiger partial charge in [0.2, 0.25) is 0 Å². The number of rotatable bonds is 5. The van der Waals surface area contributed by atoms with Crippen LogP contribution in [0.5, 0.6) is 5.75 Å². The molecule has 0 radical (unpaired) electrons. The van der Waals surface area contributed by atoms with Crippen molar-refractivity contribution in [1.82, 2.24) is 0 Å². The first-order valence-electron chi connectivity index (χ1n) is 6.19. The average molecular weight is 242 g/mol. The number of para-hydroxylation sites is 1. The molecule has 94 valence electrons. The second-order valence-corrected chi connectivity index (χ2v) is 4.29. The summed E-state index contributed by atoms with van der Waals surface area (Å²) in [5.41, 5.74) is 2.20. The zero-order valence-corrected chi connectivity index (χ0v) is 10.5. The summed E-state index contributed by atoms with van der Waals surface area (Å²) in [4.78, 5) is 0. The second kappa shape index (κ2) is 6.22. The third-order valence-electron chi connectivity index (χ3n) is 2.93. The maximum atomic E-state index is 9.17. The molecular formula is C16H18O2. The molecule has 2 aromatic carbocycles. The van der Waals surface area contributed by atoms with E-state index < -0.39 is 0 Å². The van der Waals surface area contributed by atoms with Crippen molar-refractivity contribution in [1.29, 1.82) is 0 Å². The molecule has 0 saturated carbocycles. The Morgan fingerprint density at radius 2 is 1.67 bits per heavy atom. The molecule has 18 heavy (non-hydrogen) atoms. The fourth-order valence-corrected chi connectivity index (χ4v) is 1.92. The van der Waals surface area contributed by atoms with Crippen molar-refractivity contribution in [3.63, 3.8) is 0 Å². The molecule has 2 heteroatoms. The van der Waals surface area contributed by atoms with Crippen LogP contribution in [-0.2, 0) is 0 Å². The van der Waals surface area contributed by atoms with Gasteiger partial charge in [-0.2, -0.15) is 0 Å². The molecule has 1 atom stereocenters. The van der Waals surface area contributed by atoms with E-state index >= 15 is 0 Å². The number of aliphatic hydroxyl groups is 1. The minimum Gasteiger partial charge on any atom is -0.485 e. The predicted octanol–water partition coefficient (Wildman–Crippen LogP) is 3.50. The van der Waals surface area contributed by atoms with Crippen molar-refractivity contribution in [2.75, 3.05) is 6.61 Å². The van der Waals surface area contributed by atoms with Crippen LogP contribution in [0.25, 0.3) is 0 Å². The van der Waals surface area contributed by atoms with Gasteiger partial charge >= 0.3 is 0 Å². The Morgan fingerprint density at radius 1 is 1.00 bits per heavy atom. The van der Waals surface area contributed by atoms with Crippen molar-refractivity contribution in [3.8, 4) is 5.75 Å². The molecular weight excluding hydrogens is 224 g/mol. The lowest BCUT2D eigenvalue weighted by Gasteiger charge is -2.20. The van der Waals surface area contributed by atoms with Crippen LogP contribution in [0.2, 0.25) is 0 Å². The Balaban J connectivity index is 2.19. The van der Waals surface area contributed by atoms with Gasteiger partial charge in [0.1, 0.15) is 11.9 Å². The first-order chi connectivity index (χ1) is 8.81. The largest absolute Gasteiger partial charge is 0.485 e. The van der Waals surface area contributed by atoms with Crippen LogP contribution in [0.3, 0.4) is 0 Å². The van der Waals surface area contributed by atoms with Gasteiger partial charge < -0.3 is 9.84 Å². The second-order valence-electron chi connectivity index (χ2n) is 4.29. The first-order valence-corrected chi connectivity index (χ1v) is 6.19. The van der Waals surface area contributed by atoms with E-state index in [-0.39, 0.29) is 12.7 Å². The maximum Gasteiger partial charge on any atom is 0.126 e. The summed E-state index contributed by atoms with van der Waals surface area (Å²) in [7, 11) is 0. The zero-order valence-electron chi connectivity index (χ0n) is 10.5.